The molecule has 0 fully saturated rings. The first kappa shape index (κ1) is 16.5. The lowest BCUT2D eigenvalue weighted by atomic mass is 10.1. The molecule has 0 bridgehead atoms. The number of allylic oxidation sites excluding steroid dienone is 2. The van der Waals surface area contributed by atoms with E-state index in [1.54, 1.807) is 36.4 Å². The third kappa shape index (κ3) is 4.83. The lowest BCUT2D eigenvalue weighted by molar-refractivity contribution is -0.385. The minimum Gasteiger partial charge on any atom is -0.282 e. The van der Waals surface area contributed by atoms with Crippen molar-refractivity contribution >= 4 is 40.2 Å². The van der Waals surface area contributed by atoms with Gasteiger partial charge in [0.1, 0.15) is 0 Å². The van der Waals surface area contributed by atoms with E-state index in [-0.39, 0.29) is 16.7 Å². The van der Waals surface area contributed by atoms with Gasteiger partial charge in [0.2, 0.25) is 5.12 Å². The van der Waals surface area contributed by atoms with Gasteiger partial charge in [0.05, 0.1) is 16.4 Å². The van der Waals surface area contributed by atoms with E-state index in [4.69, 9.17) is 11.6 Å². The van der Waals surface area contributed by atoms with Crippen LogP contribution in [0.3, 0.4) is 0 Å². The van der Waals surface area contributed by atoms with E-state index in [1.807, 2.05) is 6.92 Å². The number of hydrogen-bond acceptors (Lipinski definition) is 4. The van der Waals surface area contributed by atoms with Gasteiger partial charge in [-0.1, -0.05) is 43.0 Å². The second-order valence-electron chi connectivity index (χ2n) is 3.72. The fourth-order valence-corrected chi connectivity index (χ4v) is 2.33. The third-order valence-corrected chi connectivity index (χ3v) is 3.49. The maximum atomic E-state index is 11.7. The van der Waals surface area contributed by atoms with E-state index in [9.17, 15) is 14.9 Å². The number of benzene rings is 1. The van der Waals surface area contributed by atoms with Gasteiger partial charge in [-0.25, -0.2) is 0 Å². The summed E-state index contributed by atoms with van der Waals surface area (Å²) in [5.74, 6) is 0.800. The van der Waals surface area contributed by atoms with Crippen LogP contribution in [0.5, 0.6) is 0 Å². The van der Waals surface area contributed by atoms with Crippen LogP contribution in [-0.2, 0) is 4.79 Å². The van der Waals surface area contributed by atoms with Gasteiger partial charge in [-0.3, -0.25) is 14.9 Å². The van der Waals surface area contributed by atoms with E-state index in [1.165, 1.54) is 17.8 Å². The van der Waals surface area contributed by atoms with Crippen LogP contribution >= 0.6 is 23.4 Å². The fraction of sp³-hybridized carbons (Fsp3) is 0.214. The quantitative estimate of drug-likeness (QED) is 0.261. The Balaban J connectivity index is 2.92. The van der Waals surface area contributed by atoms with E-state index >= 15 is 0 Å². The van der Waals surface area contributed by atoms with Crippen molar-refractivity contribution in [3.8, 4) is 0 Å². The molecule has 20 heavy (non-hydrogen) atoms. The molecule has 0 saturated carbocycles. The van der Waals surface area contributed by atoms with Gasteiger partial charge >= 0.3 is 0 Å². The number of nitrogens with zero attached hydrogens (tertiary/aromatic N) is 1. The van der Waals surface area contributed by atoms with Crippen molar-refractivity contribution in [1.82, 2.24) is 0 Å². The molecule has 0 atom stereocenters. The van der Waals surface area contributed by atoms with Gasteiger partial charge in [-0.2, -0.15) is 0 Å². The van der Waals surface area contributed by atoms with E-state index in [0.717, 1.165) is 0 Å². The number of carbonyl (C=O) groups is 1. The Morgan fingerprint density at radius 3 is 2.75 bits per heavy atom. The zero-order chi connectivity index (χ0) is 15.0. The van der Waals surface area contributed by atoms with Crippen molar-refractivity contribution in [2.45, 2.75) is 6.92 Å². The maximum Gasteiger partial charge on any atom is 0.276 e. The molecule has 106 valence electrons. The normalized spacial score (nSPS) is 11.8. The predicted molar refractivity (Wildman–Crippen MR) is 84.1 cm³/mol. The Labute approximate surface area is 126 Å². The summed E-state index contributed by atoms with van der Waals surface area (Å²) in [6.45, 7) is 1.89. The van der Waals surface area contributed by atoms with E-state index < -0.39 is 4.92 Å². The summed E-state index contributed by atoms with van der Waals surface area (Å²) in [5, 5.41) is 10.8. The second-order valence-corrected chi connectivity index (χ2v) is 5.23. The topological polar surface area (TPSA) is 60.2 Å². The van der Waals surface area contributed by atoms with Crippen LogP contribution in [0, 0.1) is 10.1 Å². The molecular weight excluding hydrogens is 298 g/mol. The summed E-state index contributed by atoms with van der Waals surface area (Å²) in [5.41, 5.74) is 0.991. The molecule has 0 unspecified atom stereocenters. The Morgan fingerprint density at radius 1 is 1.45 bits per heavy atom. The molecule has 0 heterocycles. The highest BCUT2D eigenvalue weighted by Crippen LogP contribution is 2.19. The summed E-state index contributed by atoms with van der Waals surface area (Å²) >= 11 is 6.90. The second kappa shape index (κ2) is 8.55. The molecule has 6 heteroatoms. The third-order valence-electron chi connectivity index (χ3n) is 2.39. The summed E-state index contributed by atoms with van der Waals surface area (Å²) in [4.78, 5) is 22.1. The summed E-state index contributed by atoms with van der Waals surface area (Å²) in [6.07, 6.45) is 4.79. The molecule has 1 rings (SSSR count). The molecule has 1 aromatic rings. The van der Waals surface area contributed by atoms with Gasteiger partial charge in [0, 0.05) is 11.6 Å². The zero-order valence-corrected chi connectivity index (χ0v) is 12.5. The highest BCUT2D eigenvalue weighted by molar-refractivity contribution is 8.14. The number of nitro benzene ring substituents is 1. The molecule has 0 saturated heterocycles. The number of nitro groups is 1. The molecule has 1 aromatic carbocycles. The monoisotopic (exact) mass is 311 g/mol. The summed E-state index contributed by atoms with van der Waals surface area (Å²) < 4.78 is 0. The van der Waals surface area contributed by atoms with Crippen LogP contribution in [0.4, 0.5) is 5.69 Å². The number of para-hydroxylation sites is 1. The minimum atomic E-state index is -0.441. The molecule has 0 radical (unpaired) electrons. The Kier molecular flexibility index (Phi) is 7.04. The fourth-order valence-electron chi connectivity index (χ4n) is 1.45. The van der Waals surface area contributed by atoms with Crippen molar-refractivity contribution < 1.29 is 9.72 Å². The van der Waals surface area contributed by atoms with Crippen molar-refractivity contribution in [3.05, 3.63) is 57.7 Å². The number of alkyl halides is 1. The number of hydrogen-bond donors (Lipinski definition) is 0. The summed E-state index contributed by atoms with van der Waals surface area (Å²) in [6, 6.07) is 6.41. The number of rotatable bonds is 6. The lowest BCUT2D eigenvalue weighted by Crippen LogP contribution is -1.98. The highest BCUT2D eigenvalue weighted by Gasteiger charge is 2.09. The van der Waals surface area contributed by atoms with Crippen LogP contribution in [0.1, 0.15) is 12.5 Å². The zero-order valence-electron chi connectivity index (χ0n) is 10.9. The van der Waals surface area contributed by atoms with Crippen molar-refractivity contribution in [2.24, 2.45) is 0 Å². The first-order valence-electron chi connectivity index (χ1n) is 5.93. The largest absolute Gasteiger partial charge is 0.282 e. The molecule has 0 aromatic heterocycles. The molecule has 4 nitrogen and oxygen atoms in total. The minimum absolute atomic E-state index is 0.0267. The average Bonchev–Trinajstić information content (AvgIpc) is 2.44. The molecular formula is C14H14ClNO3S. The molecule has 0 spiro atoms. The lowest BCUT2D eigenvalue weighted by Gasteiger charge is -1.99. The Hall–Kier alpha value is -1.59. The first-order chi connectivity index (χ1) is 9.60. The highest BCUT2D eigenvalue weighted by atomic mass is 35.5. The Bertz CT molecular complexity index is 555. The van der Waals surface area contributed by atoms with Crippen LogP contribution in [0.2, 0.25) is 0 Å². The predicted octanol–water partition coefficient (Wildman–Crippen LogP) is 4.05. The van der Waals surface area contributed by atoms with Crippen LogP contribution < -0.4 is 0 Å². The van der Waals surface area contributed by atoms with E-state index in [0.29, 0.717) is 16.9 Å². The summed E-state index contributed by atoms with van der Waals surface area (Å²) in [7, 11) is 0. The smallest absolute Gasteiger partial charge is 0.276 e. The van der Waals surface area contributed by atoms with Gasteiger partial charge in [0.25, 0.3) is 5.69 Å². The molecule has 0 amide bonds. The molecule has 0 N–H and O–H groups in total. The average molecular weight is 312 g/mol. The Morgan fingerprint density at radius 2 is 2.15 bits per heavy atom. The molecule has 0 aliphatic carbocycles. The number of thioether (sulfide) groups is 1. The SMILES string of the molecule is CCSC(=O)/C(=C/C=C/c1ccccc1[N+](=O)[O-])CCl. The van der Waals surface area contributed by atoms with E-state index in [2.05, 4.69) is 0 Å². The first-order valence-corrected chi connectivity index (χ1v) is 7.46. The van der Waals surface area contributed by atoms with Gasteiger partial charge in [-0.15, -0.1) is 11.6 Å². The number of carbonyl (C=O) groups excluding carboxylic acids is 1. The molecule has 0 aliphatic rings. The van der Waals surface area contributed by atoms with Gasteiger partial charge in [-0.05, 0) is 17.9 Å². The van der Waals surface area contributed by atoms with Crippen molar-refractivity contribution in [1.29, 1.82) is 0 Å². The van der Waals surface area contributed by atoms with Gasteiger partial charge < -0.3 is 0 Å². The maximum absolute atomic E-state index is 11.7. The van der Waals surface area contributed by atoms with Crippen LogP contribution in [0.15, 0.2) is 42.0 Å². The number of halogens is 1. The van der Waals surface area contributed by atoms with Crippen LogP contribution in [-0.4, -0.2) is 21.7 Å². The standard InChI is InChI=1S/C14H14ClNO3S/c1-2-20-14(17)12(10-15)8-5-7-11-6-3-4-9-13(11)16(18)19/h3-9H,2,10H2,1H3/b7-5+,12-8+. The van der Waals surface area contributed by atoms with Crippen molar-refractivity contribution in [3.63, 3.8) is 0 Å². The van der Waals surface area contributed by atoms with Gasteiger partial charge in [0.15, 0.2) is 0 Å². The van der Waals surface area contributed by atoms with Crippen LogP contribution in [0.25, 0.3) is 6.08 Å². The molecule has 0 aliphatic heterocycles. The van der Waals surface area contributed by atoms with Crippen molar-refractivity contribution in [2.75, 3.05) is 11.6 Å².